The summed E-state index contributed by atoms with van der Waals surface area (Å²) in [5, 5.41) is 3.14. The smallest absolute Gasteiger partial charge is 0.125 e. The SMILES string of the molecule is COCCNc1ccc(C)cn1. The number of ether oxygens (including phenoxy) is 1. The predicted molar refractivity (Wildman–Crippen MR) is 49.3 cm³/mol. The largest absolute Gasteiger partial charge is 0.383 e. The second-order valence-electron chi connectivity index (χ2n) is 2.64. The fourth-order valence-electron chi connectivity index (χ4n) is 0.854. The molecule has 3 nitrogen and oxygen atoms in total. The van der Waals surface area contributed by atoms with E-state index in [2.05, 4.69) is 10.3 Å². The Morgan fingerprint density at radius 1 is 1.50 bits per heavy atom. The van der Waals surface area contributed by atoms with Crippen molar-refractivity contribution in [1.29, 1.82) is 0 Å². The molecule has 0 saturated carbocycles. The fraction of sp³-hybridized carbons (Fsp3) is 0.444. The molecule has 1 aromatic heterocycles. The van der Waals surface area contributed by atoms with Crippen LogP contribution in [0.4, 0.5) is 5.82 Å². The Morgan fingerprint density at radius 3 is 2.92 bits per heavy atom. The first-order chi connectivity index (χ1) is 5.83. The van der Waals surface area contributed by atoms with Crippen molar-refractivity contribution in [3.63, 3.8) is 0 Å². The lowest BCUT2D eigenvalue weighted by Gasteiger charge is -2.03. The summed E-state index contributed by atoms with van der Waals surface area (Å²) in [6.07, 6.45) is 1.84. The summed E-state index contributed by atoms with van der Waals surface area (Å²) < 4.78 is 4.90. The van der Waals surface area contributed by atoms with Gasteiger partial charge in [0.15, 0.2) is 0 Å². The molecular formula is C9H14N2O. The van der Waals surface area contributed by atoms with E-state index in [1.165, 1.54) is 5.56 Å². The van der Waals surface area contributed by atoms with Crippen LogP contribution in [0.1, 0.15) is 5.56 Å². The Hall–Kier alpha value is -1.09. The lowest BCUT2D eigenvalue weighted by Crippen LogP contribution is -2.08. The average molecular weight is 166 g/mol. The monoisotopic (exact) mass is 166 g/mol. The molecule has 0 aromatic carbocycles. The van der Waals surface area contributed by atoms with E-state index in [4.69, 9.17) is 4.74 Å². The predicted octanol–water partition coefficient (Wildman–Crippen LogP) is 1.45. The van der Waals surface area contributed by atoms with Gasteiger partial charge in [-0.05, 0) is 18.6 Å². The van der Waals surface area contributed by atoms with Crippen LogP contribution in [0.25, 0.3) is 0 Å². The fourth-order valence-corrected chi connectivity index (χ4v) is 0.854. The Labute approximate surface area is 72.8 Å². The minimum atomic E-state index is 0.704. The van der Waals surface area contributed by atoms with Gasteiger partial charge in [0.1, 0.15) is 5.82 Å². The standard InChI is InChI=1S/C9H14N2O/c1-8-3-4-9(11-7-8)10-5-6-12-2/h3-4,7H,5-6H2,1-2H3,(H,10,11). The first-order valence-electron chi connectivity index (χ1n) is 3.98. The van der Waals surface area contributed by atoms with Crippen LogP contribution < -0.4 is 5.32 Å². The zero-order valence-corrected chi connectivity index (χ0v) is 7.50. The van der Waals surface area contributed by atoms with Crippen molar-refractivity contribution in [3.8, 4) is 0 Å². The average Bonchev–Trinajstić information content (AvgIpc) is 2.09. The van der Waals surface area contributed by atoms with Crippen LogP contribution in [0.15, 0.2) is 18.3 Å². The summed E-state index contributed by atoms with van der Waals surface area (Å²) in [4.78, 5) is 4.18. The van der Waals surface area contributed by atoms with Gasteiger partial charge in [0.25, 0.3) is 0 Å². The van der Waals surface area contributed by atoms with Crippen LogP contribution in [0.2, 0.25) is 0 Å². The topological polar surface area (TPSA) is 34.1 Å². The summed E-state index contributed by atoms with van der Waals surface area (Å²) >= 11 is 0. The normalized spacial score (nSPS) is 9.83. The van der Waals surface area contributed by atoms with Gasteiger partial charge in [0.05, 0.1) is 6.61 Å². The highest BCUT2D eigenvalue weighted by Gasteiger charge is 1.90. The van der Waals surface area contributed by atoms with Crippen molar-refractivity contribution in [2.45, 2.75) is 6.92 Å². The highest BCUT2D eigenvalue weighted by Crippen LogP contribution is 2.02. The van der Waals surface area contributed by atoms with Crippen molar-refractivity contribution in [3.05, 3.63) is 23.9 Å². The van der Waals surface area contributed by atoms with Crippen molar-refractivity contribution < 1.29 is 4.74 Å². The van der Waals surface area contributed by atoms with E-state index in [1.54, 1.807) is 7.11 Å². The van der Waals surface area contributed by atoms with Crippen LogP contribution in [-0.2, 0) is 4.74 Å². The zero-order valence-electron chi connectivity index (χ0n) is 7.50. The van der Waals surface area contributed by atoms with E-state index in [0.717, 1.165) is 12.4 Å². The molecule has 0 aliphatic rings. The number of methoxy groups -OCH3 is 1. The number of rotatable bonds is 4. The molecule has 0 bridgehead atoms. The molecule has 1 N–H and O–H groups in total. The number of aryl methyl sites for hydroxylation is 1. The van der Waals surface area contributed by atoms with Gasteiger partial charge in [0, 0.05) is 19.9 Å². The lowest BCUT2D eigenvalue weighted by atomic mass is 10.3. The van der Waals surface area contributed by atoms with Gasteiger partial charge in [-0.25, -0.2) is 4.98 Å². The van der Waals surface area contributed by atoms with E-state index >= 15 is 0 Å². The molecule has 0 atom stereocenters. The molecule has 0 saturated heterocycles. The minimum absolute atomic E-state index is 0.704. The molecule has 1 aromatic rings. The first-order valence-corrected chi connectivity index (χ1v) is 3.98. The van der Waals surface area contributed by atoms with Crippen LogP contribution >= 0.6 is 0 Å². The zero-order chi connectivity index (χ0) is 8.81. The van der Waals surface area contributed by atoms with E-state index in [1.807, 2.05) is 25.3 Å². The van der Waals surface area contributed by atoms with E-state index < -0.39 is 0 Å². The van der Waals surface area contributed by atoms with Gasteiger partial charge in [-0.2, -0.15) is 0 Å². The van der Waals surface area contributed by atoms with Crippen molar-refractivity contribution in [2.75, 3.05) is 25.6 Å². The third-order valence-electron chi connectivity index (χ3n) is 1.52. The summed E-state index contributed by atoms with van der Waals surface area (Å²) in [7, 11) is 1.68. The Morgan fingerprint density at radius 2 is 2.33 bits per heavy atom. The molecule has 0 radical (unpaired) electrons. The van der Waals surface area contributed by atoms with Gasteiger partial charge in [-0.1, -0.05) is 6.07 Å². The van der Waals surface area contributed by atoms with E-state index in [0.29, 0.717) is 6.61 Å². The molecular weight excluding hydrogens is 152 g/mol. The number of nitrogens with zero attached hydrogens (tertiary/aromatic N) is 1. The van der Waals surface area contributed by atoms with Crippen molar-refractivity contribution in [2.24, 2.45) is 0 Å². The molecule has 1 rings (SSSR count). The highest BCUT2D eigenvalue weighted by atomic mass is 16.5. The molecule has 0 aliphatic heterocycles. The first kappa shape index (κ1) is 9.00. The highest BCUT2D eigenvalue weighted by molar-refractivity contribution is 5.34. The van der Waals surface area contributed by atoms with Crippen molar-refractivity contribution >= 4 is 5.82 Å². The van der Waals surface area contributed by atoms with Gasteiger partial charge in [-0.15, -0.1) is 0 Å². The molecule has 0 fully saturated rings. The van der Waals surface area contributed by atoms with E-state index in [9.17, 15) is 0 Å². The molecule has 0 unspecified atom stereocenters. The lowest BCUT2D eigenvalue weighted by molar-refractivity contribution is 0.210. The second kappa shape index (κ2) is 4.72. The number of nitrogens with one attached hydrogen (secondary N) is 1. The van der Waals surface area contributed by atoms with Crippen LogP contribution in [0, 0.1) is 6.92 Å². The third kappa shape index (κ3) is 2.88. The number of hydrogen-bond acceptors (Lipinski definition) is 3. The molecule has 0 amide bonds. The maximum absolute atomic E-state index is 4.90. The minimum Gasteiger partial charge on any atom is -0.383 e. The molecule has 0 spiro atoms. The summed E-state index contributed by atoms with van der Waals surface area (Å²) in [5.41, 5.74) is 1.17. The van der Waals surface area contributed by atoms with Crippen LogP contribution in [-0.4, -0.2) is 25.2 Å². The van der Waals surface area contributed by atoms with Crippen LogP contribution in [0.5, 0.6) is 0 Å². The summed E-state index contributed by atoms with van der Waals surface area (Å²) in [6, 6.07) is 3.99. The maximum atomic E-state index is 4.90. The van der Waals surface area contributed by atoms with Crippen LogP contribution in [0.3, 0.4) is 0 Å². The van der Waals surface area contributed by atoms with Gasteiger partial charge >= 0.3 is 0 Å². The maximum Gasteiger partial charge on any atom is 0.125 e. The molecule has 12 heavy (non-hydrogen) atoms. The molecule has 0 aliphatic carbocycles. The molecule has 3 heteroatoms. The van der Waals surface area contributed by atoms with Gasteiger partial charge in [0.2, 0.25) is 0 Å². The number of hydrogen-bond donors (Lipinski definition) is 1. The van der Waals surface area contributed by atoms with E-state index in [-0.39, 0.29) is 0 Å². The number of pyridine rings is 1. The Bertz CT molecular complexity index is 220. The Kier molecular flexibility index (Phi) is 3.54. The Balaban J connectivity index is 2.37. The summed E-state index contributed by atoms with van der Waals surface area (Å²) in [6.45, 7) is 3.52. The van der Waals surface area contributed by atoms with Gasteiger partial charge in [-0.3, -0.25) is 0 Å². The third-order valence-corrected chi connectivity index (χ3v) is 1.52. The second-order valence-corrected chi connectivity index (χ2v) is 2.64. The van der Waals surface area contributed by atoms with Crippen molar-refractivity contribution in [1.82, 2.24) is 4.98 Å². The molecule has 66 valence electrons. The van der Waals surface area contributed by atoms with Gasteiger partial charge < -0.3 is 10.1 Å². The number of anilines is 1. The number of aromatic nitrogens is 1. The quantitative estimate of drug-likeness (QED) is 0.687. The summed E-state index contributed by atoms with van der Waals surface area (Å²) in [5.74, 6) is 0.901. The molecule has 1 heterocycles.